The molecule has 8 heteroatoms. The lowest BCUT2D eigenvalue weighted by Gasteiger charge is -2.22. The van der Waals surface area contributed by atoms with Crippen molar-refractivity contribution in [1.82, 2.24) is 24.6 Å². The zero-order valence-corrected chi connectivity index (χ0v) is 16.2. The van der Waals surface area contributed by atoms with Gasteiger partial charge >= 0.3 is 0 Å². The molecule has 148 valence electrons. The van der Waals surface area contributed by atoms with Crippen molar-refractivity contribution in [1.29, 1.82) is 0 Å². The zero-order valence-electron chi connectivity index (χ0n) is 16.2. The standard InChI is InChI=1S/C21H23N7O/c1-2-9-27(10-11-29)18-7-6-15(12-24-18)16-13-25-21-19(17-5-3-4-8-23-17)20(22)26-28(21)14-16/h3-8,12-14,29H,2,9-11H2,1H3,(H2,22,26). The molecule has 0 saturated heterocycles. The Bertz CT molecular complexity index is 1090. The van der Waals surface area contributed by atoms with Gasteiger partial charge in [0.05, 0.1) is 17.9 Å². The number of nitrogens with two attached hydrogens (primary N) is 1. The number of aliphatic hydroxyl groups excluding tert-OH is 1. The van der Waals surface area contributed by atoms with E-state index in [1.165, 1.54) is 0 Å². The minimum Gasteiger partial charge on any atom is -0.395 e. The van der Waals surface area contributed by atoms with Crippen LogP contribution in [0.3, 0.4) is 0 Å². The molecule has 4 aromatic heterocycles. The molecule has 29 heavy (non-hydrogen) atoms. The minimum atomic E-state index is 0.101. The van der Waals surface area contributed by atoms with Gasteiger partial charge in [0.25, 0.3) is 0 Å². The van der Waals surface area contributed by atoms with Crippen LogP contribution in [0.4, 0.5) is 11.6 Å². The summed E-state index contributed by atoms with van der Waals surface area (Å²) in [6, 6.07) is 9.61. The summed E-state index contributed by atoms with van der Waals surface area (Å²) in [6.07, 6.45) is 8.20. The second-order valence-corrected chi connectivity index (χ2v) is 6.70. The van der Waals surface area contributed by atoms with Crippen molar-refractivity contribution in [3.63, 3.8) is 0 Å². The Balaban J connectivity index is 1.67. The van der Waals surface area contributed by atoms with Crippen molar-refractivity contribution < 1.29 is 5.11 Å². The van der Waals surface area contributed by atoms with E-state index >= 15 is 0 Å². The van der Waals surface area contributed by atoms with Gasteiger partial charge in [-0.15, -0.1) is 5.10 Å². The first-order valence-corrected chi connectivity index (χ1v) is 9.58. The zero-order chi connectivity index (χ0) is 20.2. The summed E-state index contributed by atoms with van der Waals surface area (Å²) >= 11 is 0. The Morgan fingerprint density at radius 2 is 1.90 bits per heavy atom. The van der Waals surface area contributed by atoms with Crippen molar-refractivity contribution in [3.8, 4) is 22.4 Å². The summed E-state index contributed by atoms with van der Waals surface area (Å²) < 4.78 is 1.68. The fourth-order valence-corrected chi connectivity index (χ4v) is 3.33. The summed E-state index contributed by atoms with van der Waals surface area (Å²) in [6.45, 7) is 3.62. The molecule has 0 unspecified atom stereocenters. The quantitative estimate of drug-likeness (QED) is 0.500. The van der Waals surface area contributed by atoms with Crippen LogP contribution in [0.1, 0.15) is 13.3 Å². The van der Waals surface area contributed by atoms with Gasteiger partial charge in [0.2, 0.25) is 0 Å². The second-order valence-electron chi connectivity index (χ2n) is 6.70. The maximum atomic E-state index is 9.26. The third-order valence-electron chi connectivity index (χ3n) is 4.69. The van der Waals surface area contributed by atoms with Crippen molar-refractivity contribution in [2.24, 2.45) is 0 Å². The van der Waals surface area contributed by atoms with Gasteiger partial charge in [0.15, 0.2) is 11.5 Å². The molecule has 8 nitrogen and oxygen atoms in total. The van der Waals surface area contributed by atoms with Gasteiger partial charge in [0.1, 0.15) is 5.82 Å². The molecule has 0 amide bonds. The molecule has 0 aliphatic carbocycles. The molecule has 0 fully saturated rings. The predicted molar refractivity (Wildman–Crippen MR) is 113 cm³/mol. The van der Waals surface area contributed by atoms with Crippen LogP contribution in [0.5, 0.6) is 0 Å². The van der Waals surface area contributed by atoms with Crippen LogP contribution in [-0.2, 0) is 0 Å². The number of nitrogen functional groups attached to an aromatic ring is 1. The molecule has 0 bridgehead atoms. The van der Waals surface area contributed by atoms with Crippen LogP contribution in [0.2, 0.25) is 0 Å². The van der Waals surface area contributed by atoms with E-state index < -0.39 is 0 Å². The second kappa shape index (κ2) is 8.24. The van der Waals surface area contributed by atoms with E-state index in [2.05, 4.69) is 31.9 Å². The third-order valence-corrected chi connectivity index (χ3v) is 4.69. The van der Waals surface area contributed by atoms with Crippen LogP contribution in [0.25, 0.3) is 28.0 Å². The van der Waals surface area contributed by atoms with Gasteiger partial charge in [0, 0.05) is 49.0 Å². The van der Waals surface area contributed by atoms with E-state index in [1.54, 1.807) is 16.9 Å². The van der Waals surface area contributed by atoms with Crippen molar-refractivity contribution in [2.45, 2.75) is 13.3 Å². The van der Waals surface area contributed by atoms with Gasteiger partial charge < -0.3 is 15.7 Å². The Labute approximate surface area is 168 Å². The first kappa shape index (κ1) is 18.8. The molecule has 0 atom stereocenters. The molecule has 0 aromatic carbocycles. The summed E-state index contributed by atoms with van der Waals surface area (Å²) in [7, 11) is 0. The fraction of sp³-hybridized carbons (Fsp3) is 0.238. The monoisotopic (exact) mass is 389 g/mol. The summed E-state index contributed by atoms with van der Waals surface area (Å²) in [4.78, 5) is 15.6. The van der Waals surface area contributed by atoms with Crippen LogP contribution < -0.4 is 10.6 Å². The lowest BCUT2D eigenvalue weighted by molar-refractivity contribution is 0.301. The van der Waals surface area contributed by atoms with E-state index in [4.69, 9.17) is 5.73 Å². The molecule has 0 saturated carbocycles. The molecule has 0 radical (unpaired) electrons. The predicted octanol–water partition coefficient (Wildman–Crippen LogP) is 2.64. The normalized spacial score (nSPS) is 11.1. The number of fused-ring (bicyclic) bond motifs is 1. The maximum Gasteiger partial charge on any atom is 0.166 e. The number of rotatable bonds is 7. The van der Waals surface area contributed by atoms with Gasteiger partial charge in [-0.25, -0.2) is 14.5 Å². The number of pyridine rings is 2. The number of hydrogen-bond donors (Lipinski definition) is 2. The molecule has 0 aliphatic heterocycles. The molecular formula is C21H23N7O. The SMILES string of the molecule is CCCN(CCO)c1ccc(-c2cnc3c(-c4ccccn4)c(N)nn3c2)cn1. The largest absolute Gasteiger partial charge is 0.395 e. The average Bonchev–Trinajstić information content (AvgIpc) is 3.09. The Kier molecular flexibility index (Phi) is 5.35. The summed E-state index contributed by atoms with van der Waals surface area (Å²) in [5.74, 6) is 1.24. The van der Waals surface area contributed by atoms with Crippen molar-refractivity contribution in [2.75, 3.05) is 30.3 Å². The Morgan fingerprint density at radius 1 is 1.03 bits per heavy atom. The highest BCUT2D eigenvalue weighted by Crippen LogP contribution is 2.29. The molecule has 0 aliphatic rings. The maximum absolute atomic E-state index is 9.26. The molecular weight excluding hydrogens is 366 g/mol. The molecule has 4 aromatic rings. The van der Waals surface area contributed by atoms with E-state index in [0.29, 0.717) is 18.0 Å². The number of nitrogens with zero attached hydrogens (tertiary/aromatic N) is 6. The lowest BCUT2D eigenvalue weighted by Crippen LogP contribution is -2.28. The van der Waals surface area contributed by atoms with Crippen LogP contribution in [-0.4, -0.2) is 49.4 Å². The van der Waals surface area contributed by atoms with E-state index in [9.17, 15) is 5.11 Å². The van der Waals surface area contributed by atoms with E-state index in [0.717, 1.165) is 41.2 Å². The highest BCUT2D eigenvalue weighted by Gasteiger charge is 2.15. The minimum absolute atomic E-state index is 0.101. The van der Waals surface area contributed by atoms with Crippen molar-refractivity contribution in [3.05, 3.63) is 55.1 Å². The lowest BCUT2D eigenvalue weighted by atomic mass is 10.1. The van der Waals surface area contributed by atoms with Crippen LogP contribution >= 0.6 is 0 Å². The fourth-order valence-electron chi connectivity index (χ4n) is 3.33. The summed E-state index contributed by atoms with van der Waals surface area (Å²) in [5.41, 5.74) is 10.1. The first-order valence-electron chi connectivity index (χ1n) is 9.58. The van der Waals surface area contributed by atoms with Crippen LogP contribution in [0, 0.1) is 0 Å². The van der Waals surface area contributed by atoms with Gasteiger partial charge in [-0.05, 0) is 30.7 Å². The average molecular weight is 389 g/mol. The number of aromatic nitrogens is 5. The number of aliphatic hydroxyl groups is 1. The molecule has 0 spiro atoms. The first-order chi connectivity index (χ1) is 14.2. The van der Waals surface area contributed by atoms with Gasteiger partial charge in [-0.2, -0.15) is 0 Å². The highest BCUT2D eigenvalue weighted by molar-refractivity contribution is 5.84. The Morgan fingerprint density at radius 3 is 2.59 bits per heavy atom. The van der Waals surface area contributed by atoms with Gasteiger partial charge in [-0.3, -0.25) is 4.98 Å². The smallest absolute Gasteiger partial charge is 0.166 e. The molecule has 4 heterocycles. The summed E-state index contributed by atoms with van der Waals surface area (Å²) in [5, 5.41) is 13.7. The topological polar surface area (TPSA) is 105 Å². The molecule has 3 N–H and O–H groups in total. The Hall–Kier alpha value is -3.52. The highest BCUT2D eigenvalue weighted by atomic mass is 16.3. The van der Waals surface area contributed by atoms with Crippen molar-refractivity contribution >= 4 is 17.3 Å². The molecule has 4 rings (SSSR count). The number of anilines is 2. The van der Waals surface area contributed by atoms with Crippen LogP contribution in [0.15, 0.2) is 55.1 Å². The number of hydrogen-bond acceptors (Lipinski definition) is 7. The van der Waals surface area contributed by atoms with E-state index in [-0.39, 0.29) is 6.61 Å². The van der Waals surface area contributed by atoms with Gasteiger partial charge in [-0.1, -0.05) is 13.0 Å². The third kappa shape index (κ3) is 3.74. The van der Waals surface area contributed by atoms with E-state index in [1.807, 2.05) is 42.7 Å².